The van der Waals surface area contributed by atoms with E-state index in [2.05, 4.69) is 25.7 Å². The molecule has 1 aromatic heterocycles. The van der Waals surface area contributed by atoms with Crippen LogP contribution in [-0.4, -0.2) is 22.6 Å². The van der Waals surface area contributed by atoms with Crippen LogP contribution in [0.3, 0.4) is 0 Å². The lowest BCUT2D eigenvalue weighted by Crippen LogP contribution is -2.08. The summed E-state index contributed by atoms with van der Waals surface area (Å²) >= 11 is 3.28. The molecule has 2 rings (SSSR count). The highest BCUT2D eigenvalue weighted by Gasteiger charge is 2.22. The molecule has 2 aromatic rings. The summed E-state index contributed by atoms with van der Waals surface area (Å²) in [4.78, 5) is 15.8. The van der Waals surface area contributed by atoms with Crippen LogP contribution >= 0.6 is 15.9 Å². The first kappa shape index (κ1) is 14.5. The van der Waals surface area contributed by atoms with Crippen LogP contribution in [0.15, 0.2) is 22.7 Å². The molecule has 0 saturated heterocycles. The minimum Gasteiger partial charge on any atom is -0.464 e. The largest absolute Gasteiger partial charge is 0.464 e. The number of nitrogen functional groups attached to an aromatic ring is 1. The maximum absolute atomic E-state index is 13.2. The number of esters is 1. The second kappa shape index (κ2) is 5.62. The van der Waals surface area contributed by atoms with Crippen molar-refractivity contribution >= 4 is 27.7 Å². The second-order valence-corrected chi connectivity index (χ2v) is 4.89. The lowest BCUT2D eigenvalue weighted by atomic mass is 10.3. The number of carbonyl (C=O) groups is 1. The molecule has 0 radical (unpaired) electrons. The Morgan fingerprint density at radius 2 is 2.25 bits per heavy atom. The first-order valence-electron chi connectivity index (χ1n) is 5.90. The van der Waals surface area contributed by atoms with Crippen LogP contribution in [0, 0.1) is 5.82 Å². The quantitative estimate of drug-likeness (QED) is 0.871. The topological polar surface area (TPSA) is 70.1 Å². The first-order valence-corrected chi connectivity index (χ1v) is 6.69. The SMILES string of the molecule is CCc1nc(C(=O)OC)c(N)n1-c1ccc(F)cc1Br. The molecule has 5 nitrogen and oxygen atoms in total. The van der Waals surface area contributed by atoms with Gasteiger partial charge < -0.3 is 10.5 Å². The van der Waals surface area contributed by atoms with E-state index in [1.807, 2.05) is 6.92 Å². The highest BCUT2D eigenvalue weighted by Crippen LogP contribution is 2.28. The Kier molecular flexibility index (Phi) is 4.08. The smallest absolute Gasteiger partial charge is 0.360 e. The minimum absolute atomic E-state index is 0.0561. The van der Waals surface area contributed by atoms with Gasteiger partial charge in [-0.25, -0.2) is 14.2 Å². The number of rotatable bonds is 3. The van der Waals surface area contributed by atoms with Crippen LogP contribution in [-0.2, 0) is 11.2 Å². The molecule has 0 aliphatic carbocycles. The number of imidazole rings is 1. The number of carbonyl (C=O) groups excluding carboxylic acids is 1. The van der Waals surface area contributed by atoms with Crippen LogP contribution in [0.5, 0.6) is 0 Å². The van der Waals surface area contributed by atoms with Crippen LogP contribution < -0.4 is 5.73 Å². The average molecular weight is 342 g/mol. The lowest BCUT2D eigenvalue weighted by molar-refractivity contribution is 0.0596. The predicted octanol–water partition coefficient (Wildman–Crippen LogP) is 2.71. The number of halogens is 2. The van der Waals surface area contributed by atoms with Gasteiger partial charge in [-0.1, -0.05) is 6.92 Å². The Morgan fingerprint density at radius 3 is 2.80 bits per heavy atom. The summed E-state index contributed by atoms with van der Waals surface area (Å²) in [5.41, 5.74) is 6.65. The number of nitrogens with zero attached hydrogens (tertiary/aromatic N) is 2. The fraction of sp³-hybridized carbons (Fsp3) is 0.231. The molecule has 0 saturated carbocycles. The van der Waals surface area contributed by atoms with Gasteiger partial charge in [0.15, 0.2) is 5.69 Å². The number of hydrogen-bond acceptors (Lipinski definition) is 4. The molecule has 0 bridgehead atoms. The van der Waals surface area contributed by atoms with Gasteiger partial charge in [-0.05, 0) is 34.1 Å². The fourth-order valence-electron chi connectivity index (χ4n) is 1.90. The molecule has 7 heteroatoms. The van der Waals surface area contributed by atoms with Gasteiger partial charge >= 0.3 is 5.97 Å². The summed E-state index contributed by atoms with van der Waals surface area (Å²) in [6.07, 6.45) is 0.561. The Hall–Kier alpha value is -1.89. The second-order valence-electron chi connectivity index (χ2n) is 4.04. The van der Waals surface area contributed by atoms with Gasteiger partial charge in [-0.3, -0.25) is 4.57 Å². The standard InChI is InChI=1S/C13H13BrFN3O2/c1-3-10-17-11(13(19)20-2)12(16)18(10)9-5-4-7(15)6-8(9)14/h4-6H,3,16H2,1-2H3. The van der Waals surface area contributed by atoms with Crippen molar-refractivity contribution in [2.75, 3.05) is 12.8 Å². The molecular weight excluding hydrogens is 329 g/mol. The third kappa shape index (κ3) is 2.40. The third-order valence-corrected chi connectivity index (χ3v) is 3.46. The van der Waals surface area contributed by atoms with Gasteiger partial charge in [0, 0.05) is 10.9 Å². The first-order chi connectivity index (χ1) is 9.49. The number of benzene rings is 1. The monoisotopic (exact) mass is 341 g/mol. The van der Waals surface area contributed by atoms with Crippen LogP contribution in [0.25, 0.3) is 5.69 Å². The van der Waals surface area contributed by atoms with E-state index in [1.165, 1.54) is 19.2 Å². The molecule has 0 atom stereocenters. The summed E-state index contributed by atoms with van der Waals surface area (Å²) in [6.45, 7) is 1.89. The van der Waals surface area contributed by atoms with Crippen LogP contribution in [0.4, 0.5) is 10.2 Å². The summed E-state index contributed by atoms with van der Waals surface area (Å²) < 4.78 is 20.0. The maximum Gasteiger partial charge on any atom is 0.360 e. The summed E-state index contributed by atoms with van der Waals surface area (Å²) in [5, 5.41) is 0. The average Bonchev–Trinajstić information content (AvgIpc) is 2.75. The van der Waals surface area contributed by atoms with E-state index in [9.17, 15) is 9.18 Å². The summed E-state index contributed by atoms with van der Waals surface area (Å²) in [5.74, 6) is -0.212. The summed E-state index contributed by atoms with van der Waals surface area (Å²) in [7, 11) is 1.26. The lowest BCUT2D eigenvalue weighted by Gasteiger charge is -2.11. The van der Waals surface area contributed by atoms with Crippen molar-refractivity contribution in [3.63, 3.8) is 0 Å². The summed E-state index contributed by atoms with van der Waals surface area (Å²) in [6, 6.07) is 4.21. The zero-order valence-corrected chi connectivity index (χ0v) is 12.6. The minimum atomic E-state index is -0.603. The highest BCUT2D eigenvalue weighted by molar-refractivity contribution is 9.10. The Balaban J connectivity index is 2.67. The molecule has 106 valence electrons. The molecule has 20 heavy (non-hydrogen) atoms. The van der Waals surface area contributed by atoms with Crippen molar-refractivity contribution in [3.05, 3.63) is 40.0 Å². The van der Waals surface area contributed by atoms with Gasteiger partial charge in [-0.15, -0.1) is 0 Å². The van der Waals surface area contributed by atoms with Gasteiger partial charge in [0.2, 0.25) is 0 Å². The number of nitrogens with two attached hydrogens (primary N) is 1. The molecule has 0 aliphatic rings. The molecule has 1 aromatic carbocycles. The molecule has 1 heterocycles. The molecule has 2 N–H and O–H groups in total. The number of aryl methyl sites for hydroxylation is 1. The van der Waals surface area contributed by atoms with Gasteiger partial charge in [0.05, 0.1) is 12.8 Å². The Morgan fingerprint density at radius 1 is 1.55 bits per heavy atom. The third-order valence-electron chi connectivity index (χ3n) is 2.83. The van der Waals surface area contributed by atoms with Crippen LogP contribution in [0.2, 0.25) is 0 Å². The molecule has 0 unspecified atom stereocenters. The van der Waals surface area contributed by atoms with Gasteiger partial charge in [-0.2, -0.15) is 0 Å². The van der Waals surface area contributed by atoms with Crippen LogP contribution in [0.1, 0.15) is 23.2 Å². The predicted molar refractivity (Wildman–Crippen MR) is 76.4 cm³/mol. The van der Waals surface area contributed by atoms with Crippen molar-refractivity contribution in [3.8, 4) is 5.69 Å². The van der Waals surface area contributed by atoms with E-state index in [0.717, 1.165) is 0 Å². The number of hydrogen-bond donors (Lipinski definition) is 1. The van der Waals surface area contributed by atoms with E-state index in [0.29, 0.717) is 22.4 Å². The molecule has 0 spiro atoms. The zero-order valence-electron chi connectivity index (χ0n) is 11.0. The van der Waals surface area contributed by atoms with Crippen molar-refractivity contribution in [2.45, 2.75) is 13.3 Å². The van der Waals surface area contributed by atoms with Crippen molar-refractivity contribution in [2.24, 2.45) is 0 Å². The highest BCUT2D eigenvalue weighted by atomic mass is 79.9. The van der Waals surface area contributed by atoms with E-state index in [4.69, 9.17) is 5.73 Å². The molecular formula is C13H13BrFN3O2. The number of ether oxygens (including phenoxy) is 1. The van der Waals surface area contributed by atoms with E-state index >= 15 is 0 Å². The maximum atomic E-state index is 13.2. The van der Waals surface area contributed by atoms with Gasteiger partial charge in [0.25, 0.3) is 0 Å². The molecule has 0 aliphatic heterocycles. The fourth-order valence-corrected chi connectivity index (χ4v) is 2.42. The van der Waals surface area contributed by atoms with Crippen molar-refractivity contribution < 1.29 is 13.9 Å². The van der Waals surface area contributed by atoms with Crippen molar-refractivity contribution in [1.82, 2.24) is 9.55 Å². The zero-order chi connectivity index (χ0) is 14.9. The molecule has 0 amide bonds. The van der Waals surface area contributed by atoms with E-state index in [1.54, 1.807) is 10.6 Å². The Labute approximate surface area is 123 Å². The number of anilines is 1. The van der Waals surface area contributed by atoms with Crippen molar-refractivity contribution in [1.29, 1.82) is 0 Å². The number of aromatic nitrogens is 2. The van der Waals surface area contributed by atoms with E-state index < -0.39 is 5.97 Å². The van der Waals surface area contributed by atoms with Gasteiger partial charge in [0.1, 0.15) is 17.5 Å². The number of methoxy groups -OCH3 is 1. The normalized spacial score (nSPS) is 10.6. The Bertz CT molecular complexity index is 670. The van der Waals surface area contributed by atoms with E-state index in [-0.39, 0.29) is 17.3 Å². The molecule has 0 fully saturated rings.